The van der Waals surface area contributed by atoms with Crippen molar-refractivity contribution in [1.82, 2.24) is 29.7 Å². The molecule has 0 spiro atoms. The second-order valence-corrected chi connectivity index (χ2v) is 9.14. The zero-order valence-electron chi connectivity index (χ0n) is 15.5. The molecule has 27 heavy (non-hydrogen) atoms. The van der Waals surface area contributed by atoms with Crippen molar-refractivity contribution in [3.63, 3.8) is 0 Å². The van der Waals surface area contributed by atoms with Crippen LogP contribution in [0.5, 0.6) is 0 Å². The lowest BCUT2D eigenvalue weighted by Gasteiger charge is -2.07. The largest absolute Gasteiger partial charge is 0.316 e. The molecule has 6 nitrogen and oxygen atoms in total. The van der Waals surface area contributed by atoms with Crippen LogP contribution in [0, 0.1) is 18.8 Å². The van der Waals surface area contributed by atoms with Crippen LogP contribution < -0.4 is 5.32 Å². The van der Waals surface area contributed by atoms with Crippen LogP contribution >= 0.6 is 11.3 Å². The monoisotopic (exact) mass is 378 g/mol. The molecule has 1 aliphatic heterocycles. The van der Waals surface area contributed by atoms with E-state index in [9.17, 15) is 0 Å². The van der Waals surface area contributed by atoms with Gasteiger partial charge in [-0.2, -0.15) is 10.2 Å². The Morgan fingerprint density at radius 1 is 1.11 bits per heavy atom. The van der Waals surface area contributed by atoms with Crippen LogP contribution in [0.4, 0.5) is 0 Å². The molecule has 0 radical (unpaired) electrons. The summed E-state index contributed by atoms with van der Waals surface area (Å²) < 4.78 is 3.85. The molecular weight excluding hydrogens is 356 g/mol. The predicted octanol–water partition coefficient (Wildman–Crippen LogP) is 3.37. The number of hydrogen-bond donors (Lipinski definition) is 1. The number of nitrogens with zero attached hydrogens (tertiary/aromatic N) is 5. The Hall–Kier alpha value is -2.25. The molecule has 3 aromatic heterocycles. The standard InChI is InChI=1S/C20H22N6S/c1-11-3-13(6-16-9-25(2)23-18(11)16)19-24-26-10-17(22-20(26)27-19)12-4-14-7-21-8-15(14)5-12/h3,6,9-10,12,14-15,21H,4-5,7-8H2,1-2H3/t14-,15-/m0/s1. The zero-order chi connectivity index (χ0) is 18.1. The summed E-state index contributed by atoms with van der Waals surface area (Å²) in [7, 11) is 1.96. The molecule has 1 N–H and O–H groups in total. The molecule has 1 aliphatic carbocycles. The number of benzene rings is 1. The summed E-state index contributed by atoms with van der Waals surface area (Å²) in [6.45, 7) is 4.48. The summed E-state index contributed by atoms with van der Waals surface area (Å²) in [6.07, 6.45) is 6.76. The molecule has 2 atom stereocenters. The van der Waals surface area contributed by atoms with E-state index in [2.05, 4.69) is 41.9 Å². The van der Waals surface area contributed by atoms with Crippen LogP contribution in [0.15, 0.2) is 24.5 Å². The molecule has 7 heteroatoms. The summed E-state index contributed by atoms with van der Waals surface area (Å²) >= 11 is 1.68. The lowest BCUT2D eigenvalue weighted by atomic mass is 10.0. The number of hydrogen-bond acceptors (Lipinski definition) is 5. The number of fused-ring (bicyclic) bond motifs is 3. The van der Waals surface area contributed by atoms with E-state index in [0.29, 0.717) is 5.92 Å². The van der Waals surface area contributed by atoms with Crippen LogP contribution in [0.3, 0.4) is 0 Å². The first-order chi connectivity index (χ1) is 13.1. The molecule has 138 valence electrons. The van der Waals surface area contributed by atoms with Gasteiger partial charge in [0, 0.05) is 30.1 Å². The van der Waals surface area contributed by atoms with Crippen molar-refractivity contribution in [2.75, 3.05) is 13.1 Å². The summed E-state index contributed by atoms with van der Waals surface area (Å²) in [6, 6.07) is 4.36. The Labute approximate surface area is 161 Å². The SMILES string of the molecule is Cc1cc(-c2nn3cc(C4C[C@H]5CNC[C@@H]5C4)nc3s2)cc2cn(C)nc12. The van der Waals surface area contributed by atoms with Gasteiger partial charge in [0.1, 0.15) is 5.01 Å². The quantitative estimate of drug-likeness (QED) is 0.581. The van der Waals surface area contributed by atoms with Gasteiger partial charge in [-0.25, -0.2) is 9.50 Å². The van der Waals surface area contributed by atoms with Gasteiger partial charge in [0.05, 0.1) is 17.4 Å². The topological polar surface area (TPSA) is 60.0 Å². The van der Waals surface area contributed by atoms with Gasteiger partial charge >= 0.3 is 0 Å². The second-order valence-electron chi connectivity index (χ2n) is 8.18. The highest BCUT2D eigenvalue weighted by molar-refractivity contribution is 7.19. The van der Waals surface area contributed by atoms with Crippen molar-refractivity contribution in [3.05, 3.63) is 35.8 Å². The molecule has 1 saturated carbocycles. The minimum absolute atomic E-state index is 0.605. The third kappa shape index (κ3) is 2.45. The van der Waals surface area contributed by atoms with Gasteiger partial charge < -0.3 is 5.32 Å². The maximum atomic E-state index is 4.94. The number of aromatic nitrogens is 5. The van der Waals surface area contributed by atoms with E-state index >= 15 is 0 Å². The maximum absolute atomic E-state index is 4.94. The lowest BCUT2D eigenvalue weighted by molar-refractivity contribution is 0.494. The van der Waals surface area contributed by atoms with Crippen molar-refractivity contribution >= 4 is 27.2 Å². The van der Waals surface area contributed by atoms with E-state index < -0.39 is 0 Å². The van der Waals surface area contributed by atoms with Crippen molar-refractivity contribution in [2.45, 2.75) is 25.7 Å². The molecule has 1 aromatic carbocycles. The van der Waals surface area contributed by atoms with Crippen LogP contribution in [0.1, 0.15) is 30.0 Å². The molecule has 2 aliphatic rings. The van der Waals surface area contributed by atoms with Gasteiger partial charge in [-0.3, -0.25) is 4.68 Å². The minimum Gasteiger partial charge on any atom is -0.316 e. The van der Waals surface area contributed by atoms with Gasteiger partial charge in [-0.15, -0.1) is 0 Å². The predicted molar refractivity (Wildman–Crippen MR) is 107 cm³/mol. The summed E-state index contributed by atoms with van der Waals surface area (Å²) in [5.41, 5.74) is 4.62. The Balaban J connectivity index is 1.34. The number of imidazole rings is 1. The average Bonchev–Trinajstić information content (AvgIpc) is 3.38. The molecule has 0 amide bonds. The summed E-state index contributed by atoms with van der Waals surface area (Å²) in [4.78, 5) is 5.94. The molecule has 4 aromatic rings. The highest BCUT2D eigenvalue weighted by atomic mass is 32.1. The first-order valence-electron chi connectivity index (χ1n) is 9.65. The van der Waals surface area contributed by atoms with E-state index in [0.717, 1.165) is 38.3 Å². The second kappa shape index (κ2) is 5.62. The zero-order valence-corrected chi connectivity index (χ0v) is 16.3. The van der Waals surface area contributed by atoms with Crippen molar-refractivity contribution in [2.24, 2.45) is 18.9 Å². The summed E-state index contributed by atoms with van der Waals surface area (Å²) in [5.74, 6) is 2.29. The van der Waals surface area contributed by atoms with Crippen LogP contribution in [0.2, 0.25) is 0 Å². The fraction of sp³-hybridized carbons (Fsp3) is 0.450. The molecule has 2 fully saturated rings. The third-order valence-electron chi connectivity index (χ3n) is 6.29. The minimum atomic E-state index is 0.605. The Morgan fingerprint density at radius 3 is 2.70 bits per heavy atom. The van der Waals surface area contributed by atoms with Crippen LogP contribution in [-0.4, -0.2) is 37.5 Å². The Kier molecular flexibility index (Phi) is 3.29. The lowest BCUT2D eigenvalue weighted by Crippen LogP contribution is -2.11. The average molecular weight is 379 g/mol. The molecular formula is C20H22N6S. The third-order valence-corrected chi connectivity index (χ3v) is 7.27. The smallest absolute Gasteiger partial charge is 0.212 e. The fourth-order valence-electron chi connectivity index (χ4n) is 4.99. The van der Waals surface area contributed by atoms with Crippen LogP contribution in [0.25, 0.3) is 26.4 Å². The molecule has 4 heterocycles. The van der Waals surface area contributed by atoms with Crippen molar-refractivity contribution < 1.29 is 0 Å². The van der Waals surface area contributed by atoms with Gasteiger partial charge in [0.2, 0.25) is 4.96 Å². The number of aryl methyl sites for hydroxylation is 2. The molecule has 6 rings (SSSR count). The number of rotatable bonds is 2. The van der Waals surface area contributed by atoms with Crippen molar-refractivity contribution in [1.29, 1.82) is 0 Å². The van der Waals surface area contributed by atoms with Gasteiger partial charge in [0.15, 0.2) is 0 Å². The molecule has 0 bridgehead atoms. The Morgan fingerprint density at radius 2 is 1.93 bits per heavy atom. The Bertz CT molecular complexity index is 1120. The van der Waals surface area contributed by atoms with E-state index in [1.165, 1.54) is 37.2 Å². The molecule has 0 unspecified atom stereocenters. The number of nitrogens with one attached hydrogen (secondary N) is 1. The van der Waals surface area contributed by atoms with E-state index in [4.69, 9.17) is 10.1 Å². The normalized spacial score (nSPS) is 23.0. The highest BCUT2D eigenvalue weighted by Crippen LogP contribution is 2.44. The molecule has 1 saturated heterocycles. The van der Waals surface area contributed by atoms with Gasteiger partial charge in [-0.1, -0.05) is 11.3 Å². The summed E-state index contributed by atoms with van der Waals surface area (Å²) in [5, 5.41) is 15.1. The fourth-order valence-corrected chi connectivity index (χ4v) is 5.87. The first-order valence-corrected chi connectivity index (χ1v) is 10.5. The highest BCUT2D eigenvalue weighted by Gasteiger charge is 2.38. The van der Waals surface area contributed by atoms with Crippen molar-refractivity contribution in [3.8, 4) is 10.6 Å². The first kappa shape index (κ1) is 15.8. The van der Waals surface area contributed by atoms with Gasteiger partial charge in [0.25, 0.3) is 0 Å². The van der Waals surface area contributed by atoms with Gasteiger partial charge in [-0.05, 0) is 62.4 Å². The van der Waals surface area contributed by atoms with E-state index in [1.54, 1.807) is 11.3 Å². The maximum Gasteiger partial charge on any atom is 0.212 e. The van der Waals surface area contributed by atoms with E-state index in [1.807, 2.05) is 16.2 Å². The van der Waals surface area contributed by atoms with Crippen LogP contribution in [-0.2, 0) is 7.05 Å². The van der Waals surface area contributed by atoms with E-state index in [-0.39, 0.29) is 0 Å².